The highest BCUT2D eigenvalue weighted by molar-refractivity contribution is 5.43. The van der Waals surface area contributed by atoms with Crippen LogP contribution in [0.3, 0.4) is 0 Å². The third kappa shape index (κ3) is 2.03. The average Bonchev–Trinajstić information content (AvgIpc) is 2.30. The molecule has 0 amide bonds. The zero-order valence-corrected chi connectivity index (χ0v) is 9.69. The molecule has 0 bridgehead atoms. The van der Waals surface area contributed by atoms with E-state index < -0.39 is 5.60 Å². The minimum atomic E-state index is -0.788. The first-order chi connectivity index (χ1) is 7.65. The summed E-state index contributed by atoms with van der Waals surface area (Å²) in [4.78, 5) is 6.38. The lowest BCUT2D eigenvalue weighted by atomic mass is 9.84. The number of piperidine rings is 1. The van der Waals surface area contributed by atoms with E-state index in [4.69, 9.17) is 5.73 Å². The number of pyridine rings is 1. The molecule has 0 atom stereocenters. The molecule has 3 N–H and O–H groups in total. The normalized spacial score (nSPS) is 20.9. The Morgan fingerprint density at radius 1 is 1.50 bits per heavy atom. The Morgan fingerprint density at radius 3 is 2.75 bits per heavy atom. The van der Waals surface area contributed by atoms with Crippen molar-refractivity contribution >= 4 is 5.82 Å². The van der Waals surface area contributed by atoms with Crippen LogP contribution in [0.5, 0.6) is 0 Å². The summed E-state index contributed by atoms with van der Waals surface area (Å²) < 4.78 is 0. The van der Waals surface area contributed by atoms with Crippen LogP contribution < -0.4 is 5.73 Å². The zero-order valence-electron chi connectivity index (χ0n) is 9.69. The van der Waals surface area contributed by atoms with Crippen LogP contribution in [0.1, 0.15) is 25.3 Å². The highest BCUT2D eigenvalue weighted by Gasteiger charge is 2.35. The fourth-order valence-corrected chi connectivity index (χ4v) is 2.32. The molecule has 2 rings (SSSR count). The van der Waals surface area contributed by atoms with Gasteiger partial charge >= 0.3 is 0 Å². The van der Waals surface area contributed by atoms with Crippen molar-refractivity contribution in [3.63, 3.8) is 0 Å². The number of aliphatic hydroxyl groups is 1. The van der Waals surface area contributed by atoms with Gasteiger partial charge in [-0.1, -0.05) is 13.0 Å². The highest BCUT2D eigenvalue weighted by Crippen LogP contribution is 2.34. The summed E-state index contributed by atoms with van der Waals surface area (Å²) in [5, 5.41) is 10.6. The van der Waals surface area contributed by atoms with E-state index in [1.165, 1.54) is 0 Å². The standard InChI is InChI=1S/C12H19N3O/c1-2-15-8-5-12(16,6-9-15)10-4-3-7-14-11(10)13/h3-4,7,16H,2,5-6,8-9H2,1H3,(H2,13,14). The highest BCUT2D eigenvalue weighted by atomic mass is 16.3. The topological polar surface area (TPSA) is 62.4 Å². The van der Waals surface area contributed by atoms with Crippen molar-refractivity contribution in [1.82, 2.24) is 9.88 Å². The Balaban J connectivity index is 2.18. The minimum Gasteiger partial charge on any atom is -0.385 e. The second kappa shape index (κ2) is 4.39. The number of hydrogen-bond acceptors (Lipinski definition) is 4. The van der Waals surface area contributed by atoms with Gasteiger partial charge in [0.25, 0.3) is 0 Å². The Kier molecular flexibility index (Phi) is 3.12. The van der Waals surface area contributed by atoms with E-state index in [2.05, 4.69) is 16.8 Å². The largest absolute Gasteiger partial charge is 0.385 e. The zero-order chi connectivity index (χ0) is 11.6. The lowest BCUT2D eigenvalue weighted by molar-refractivity contribution is -0.0242. The van der Waals surface area contributed by atoms with Gasteiger partial charge in [-0.3, -0.25) is 0 Å². The SMILES string of the molecule is CCN1CCC(O)(c2cccnc2N)CC1. The van der Waals surface area contributed by atoms with Gasteiger partial charge in [0.2, 0.25) is 0 Å². The maximum atomic E-state index is 10.6. The summed E-state index contributed by atoms with van der Waals surface area (Å²) in [6.45, 7) is 5.02. The van der Waals surface area contributed by atoms with Crippen molar-refractivity contribution in [2.75, 3.05) is 25.4 Å². The lowest BCUT2D eigenvalue weighted by Gasteiger charge is -2.38. The van der Waals surface area contributed by atoms with Crippen LogP contribution in [-0.2, 0) is 5.60 Å². The van der Waals surface area contributed by atoms with Crippen molar-refractivity contribution in [3.05, 3.63) is 23.9 Å². The van der Waals surface area contributed by atoms with Crippen molar-refractivity contribution < 1.29 is 5.11 Å². The summed E-state index contributed by atoms with van der Waals surface area (Å²) in [7, 11) is 0. The fraction of sp³-hybridized carbons (Fsp3) is 0.583. The number of nitrogens with zero attached hydrogens (tertiary/aromatic N) is 2. The number of aromatic nitrogens is 1. The number of likely N-dealkylation sites (tertiary alicyclic amines) is 1. The van der Waals surface area contributed by atoms with Crippen molar-refractivity contribution in [3.8, 4) is 0 Å². The van der Waals surface area contributed by atoms with Crippen LogP contribution in [0, 0.1) is 0 Å². The molecule has 1 aliphatic heterocycles. The lowest BCUT2D eigenvalue weighted by Crippen LogP contribution is -2.42. The van der Waals surface area contributed by atoms with Crippen molar-refractivity contribution in [2.24, 2.45) is 0 Å². The van der Waals surface area contributed by atoms with E-state index >= 15 is 0 Å². The van der Waals surface area contributed by atoms with Crippen LogP contribution in [-0.4, -0.2) is 34.6 Å². The van der Waals surface area contributed by atoms with E-state index in [-0.39, 0.29) is 0 Å². The monoisotopic (exact) mass is 221 g/mol. The molecule has 1 aromatic rings. The van der Waals surface area contributed by atoms with Crippen LogP contribution in [0.15, 0.2) is 18.3 Å². The molecule has 1 saturated heterocycles. The van der Waals surface area contributed by atoms with Gasteiger partial charge in [-0.05, 0) is 25.5 Å². The molecule has 16 heavy (non-hydrogen) atoms. The summed E-state index contributed by atoms with van der Waals surface area (Å²) in [5.41, 5.74) is 5.81. The Bertz CT molecular complexity index is 359. The van der Waals surface area contributed by atoms with Crippen LogP contribution >= 0.6 is 0 Å². The summed E-state index contributed by atoms with van der Waals surface area (Å²) in [5.74, 6) is 0.454. The third-order valence-electron chi connectivity index (χ3n) is 3.47. The third-order valence-corrected chi connectivity index (χ3v) is 3.47. The second-order valence-corrected chi connectivity index (χ2v) is 4.40. The van der Waals surface area contributed by atoms with E-state index in [0.717, 1.165) is 38.0 Å². The average molecular weight is 221 g/mol. The van der Waals surface area contributed by atoms with Gasteiger partial charge in [-0.2, -0.15) is 0 Å². The molecule has 0 saturated carbocycles. The molecule has 0 aliphatic carbocycles. The summed E-state index contributed by atoms with van der Waals surface area (Å²) >= 11 is 0. The first-order valence-electron chi connectivity index (χ1n) is 5.81. The number of rotatable bonds is 2. The molecule has 88 valence electrons. The molecule has 0 radical (unpaired) electrons. The van der Waals surface area contributed by atoms with E-state index in [9.17, 15) is 5.11 Å². The van der Waals surface area contributed by atoms with Gasteiger partial charge in [0.05, 0.1) is 5.60 Å². The Hall–Kier alpha value is -1.13. The van der Waals surface area contributed by atoms with Crippen molar-refractivity contribution in [1.29, 1.82) is 0 Å². The predicted octanol–water partition coefficient (Wildman–Crippen LogP) is 0.967. The molecular formula is C12H19N3O. The smallest absolute Gasteiger partial charge is 0.129 e. The van der Waals surface area contributed by atoms with E-state index in [0.29, 0.717) is 5.82 Å². The number of nitrogen functional groups attached to an aromatic ring is 1. The molecule has 4 heteroatoms. The van der Waals surface area contributed by atoms with Gasteiger partial charge in [-0.15, -0.1) is 0 Å². The maximum absolute atomic E-state index is 10.6. The fourth-order valence-electron chi connectivity index (χ4n) is 2.32. The molecule has 1 aromatic heterocycles. The molecule has 1 fully saturated rings. The summed E-state index contributed by atoms with van der Waals surface area (Å²) in [6.07, 6.45) is 3.12. The molecule has 1 aliphatic rings. The minimum absolute atomic E-state index is 0.454. The Morgan fingerprint density at radius 2 is 2.19 bits per heavy atom. The van der Waals surface area contributed by atoms with E-state index in [1.807, 2.05) is 12.1 Å². The molecular weight excluding hydrogens is 202 g/mol. The number of anilines is 1. The van der Waals surface area contributed by atoms with Crippen LogP contribution in [0.25, 0.3) is 0 Å². The second-order valence-electron chi connectivity index (χ2n) is 4.40. The van der Waals surface area contributed by atoms with E-state index in [1.54, 1.807) is 6.20 Å². The molecule has 4 nitrogen and oxygen atoms in total. The Labute approximate surface area is 96.1 Å². The van der Waals surface area contributed by atoms with Gasteiger partial charge in [-0.25, -0.2) is 4.98 Å². The molecule has 2 heterocycles. The first-order valence-corrected chi connectivity index (χ1v) is 5.81. The van der Waals surface area contributed by atoms with Gasteiger partial charge in [0.1, 0.15) is 5.82 Å². The quantitative estimate of drug-likeness (QED) is 0.781. The molecule has 0 aromatic carbocycles. The predicted molar refractivity (Wildman–Crippen MR) is 63.9 cm³/mol. The van der Waals surface area contributed by atoms with Crippen LogP contribution in [0.2, 0.25) is 0 Å². The van der Waals surface area contributed by atoms with Gasteiger partial charge in [0.15, 0.2) is 0 Å². The maximum Gasteiger partial charge on any atom is 0.129 e. The van der Waals surface area contributed by atoms with Crippen LogP contribution in [0.4, 0.5) is 5.82 Å². The summed E-state index contributed by atoms with van der Waals surface area (Å²) in [6, 6.07) is 3.71. The first kappa shape index (κ1) is 11.4. The molecule has 0 spiro atoms. The number of hydrogen-bond donors (Lipinski definition) is 2. The van der Waals surface area contributed by atoms with Crippen molar-refractivity contribution in [2.45, 2.75) is 25.4 Å². The number of nitrogens with two attached hydrogens (primary N) is 1. The van der Waals surface area contributed by atoms with Gasteiger partial charge < -0.3 is 15.7 Å². The van der Waals surface area contributed by atoms with Gasteiger partial charge in [0, 0.05) is 24.8 Å². The molecule has 0 unspecified atom stereocenters.